The molecule has 0 spiro atoms. The first-order valence-electron chi connectivity index (χ1n) is 4.81. The van der Waals surface area contributed by atoms with E-state index in [0.29, 0.717) is 12.8 Å². The number of thiazole rings is 1. The van der Waals surface area contributed by atoms with Gasteiger partial charge in [-0.2, -0.15) is 0 Å². The van der Waals surface area contributed by atoms with E-state index in [2.05, 4.69) is 4.98 Å². The molecule has 0 aliphatic carbocycles. The van der Waals surface area contributed by atoms with Crippen LogP contribution in [0.15, 0.2) is 17.1 Å². The van der Waals surface area contributed by atoms with E-state index in [0.717, 1.165) is 15.5 Å². The largest absolute Gasteiger partial charge is 0.396 e. The molecule has 0 aliphatic rings. The van der Waals surface area contributed by atoms with Crippen LogP contribution in [-0.2, 0) is 6.42 Å². The molecule has 0 radical (unpaired) electrons. The predicted molar refractivity (Wildman–Crippen MR) is 59.5 cm³/mol. The van der Waals surface area contributed by atoms with Gasteiger partial charge in [-0.3, -0.25) is 9.20 Å². The maximum atomic E-state index is 11.6. The maximum absolute atomic E-state index is 11.6. The number of aryl methyl sites for hydroxylation is 2. The zero-order valence-corrected chi connectivity index (χ0v) is 9.25. The summed E-state index contributed by atoms with van der Waals surface area (Å²) in [5.74, 6) is 0. The van der Waals surface area contributed by atoms with Crippen molar-refractivity contribution in [1.82, 2.24) is 9.38 Å². The van der Waals surface area contributed by atoms with Gasteiger partial charge in [-0.05, 0) is 19.8 Å². The van der Waals surface area contributed by atoms with Crippen molar-refractivity contribution in [2.45, 2.75) is 19.8 Å². The van der Waals surface area contributed by atoms with Crippen LogP contribution in [0.3, 0.4) is 0 Å². The smallest absolute Gasteiger partial charge is 0.258 e. The summed E-state index contributed by atoms with van der Waals surface area (Å²) in [4.78, 5) is 17.6. The van der Waals surface area contributed by atoms with Crippen molar-refractivity contribution in [3.63, 3.8) is 0 Å². The molecule has 0 amide bonds. The second-order valence-corrected chi connectivity index (χ2v) is 4.51. The summed E-state index contributed by atoms with van der Waals surface area (Å²) in [5.41, 5.74) is 0.930. The van der Waals surface area contributed by atoms with Gasteiger partial charge in [-0.1, -0.05) is 0 Å². The van der Waals surface area contributed by atoms with Gasteiger partial charge in [0.15, 0.2) is 4.96 Å². The highest BCUT2D eigenvalue weighted by Crippen LogP contribution is 2.20. The minimum Gasteiger partial charge on any atom is -0.396 e. The van der Waals surface area contributed by atoms with Gasteiger partial charge in [-0.25, -0.2) is 4.98 Å². The fraction of sp³-hybridized carbons (Fsp3) is 0.400. The molecule has 15 heavy (non-hydrogen) atoms. The Labute approximate surface area is 90.8 Å². The summed E-state index contributed by atoms with van der Waals surface area (Å²) < 4.78 is 1.63. The summed E-state index contributed by atoms with van der Waals surface area (Å²) in [7, 11) is 0. The molecule has 0 atom stereocenters. The monoisotopic (exact) mass is 224 g/mol. The Hall–Kier alpha value is -1.20. The quantitative estimate of drug-likeness (QED) is 0.846. The molecule has 0 saturated carbocycles. The van der Waals surface area contributed by atoms with Gasteiger partial charge in [0, 0.05) is 29.4 Å². The Kier molecular flexibility index (Phi) is 2.83. The van der Waals surface area contributed by atoms with Crippen LogP contribution >= 0.6 is 11.3 Å². The van der Waals surface area contributed by atoms with Crippen molar-refractivity contribution in [3.8, 4) is 0 Å². The third-order valence-corrected chi connectivity index (χ3v) is 3.32. The van der Waals surface area contributed by atoms with Gasteiger partial charge in [0.05, 0.1) is 0 Å². The standard InChI is InChI=1S/C10H12N2O2S/c1-7-8(3-2-6-13)12-9(14)4-5-11-10(12)15-7/h4-5,13H,2-3,6H2,1H3. The highest BCUT2D eigenvalue weighted by molar-refractivity contribution is 7.17. The van der Waals surface area contributed by atoms with Crippen LogP contribution < -0.4 is 5.56 Å². The van der Waals surface area contributed by atoms with Gasteiger partial charge < -0.3 is 5.11 Å². The molecule has 2 heterocycles. The molecule has 1 N–H and O–H groups in total. The minimum atomic E-state index is -0.0442. The summed E-state index contributed by atoms with van der Waals surface area (Å²) in [6, 6.07) is 1.46. The summed E-state index contributed by atoms with van der Waals surface area (Å²) in [6.45, 7) is 2.12. The van der Waals surface area contributed by atoms with Gasteiger partial charge in [0.2, 0.25) is 0 Å². The Bertz CT molecular complexity index is 530. The maximum Gasteiger partial charge on any atom is 0.258 e. The molecule has 0 aromatic carbocycles. The Morgan fingerprint density at radius 2 is 2.40 bits per heavy atom. The third kappa shape index (κ3) is 1.80. The zero-order valence-electron chi connectivity index (χ0n) is 8.43. The van der Waals surface area contributed by atoms with Gasteiger partial charge in [-0.15, -0.1) is 11.3 Å². The number of rotatable bonds is 3. The van der Waals surface area contributed by atoms with E-state index in [1.54, 1.807) is 4.40 Å². The lowest BCUT2D eigenvalue weighted by atomic mass is 10.2. The van der Waals surface area contributed by atoms with E-state index in [1.165, 1.54) is 23.6 Å². The molecule has 0 unspecified atom stereocenters. The number of aliphatic hydroxyl groups is 1. The number of hydrogen-bond acceptors (Lipinski definition) is 4. The highest BCUT2D eigenvalue weighted by atomic mass is 32.1. The number of aliphatic hydroxyl groups excluding tert-OH is 1. The molecule has 0 fully saturated rings. The predicted octanol–water partition coefficient (Wildman–Crippen LogP) is 0.989. The third-order valence-electron chi connectivity index (χ3n) is 2.31. The molecule has 2 rings (SSSR count). The molecular formula is C10H12N2O2S. The van der Waals surface area contributed by atoms with E-state index in [4.69, 9.17) is 5.11 Å². The van der Waals surface area contributed by atoms with Crippen molar-refractivity contribution in [3.05, 3.63) is 33.2 Å². The first-order valence-corrected chi connectivity index (χ1v) is 5.62. The van der Waals surface area contributed by atoms with Crippen LogP contribution in [0.5, 0.6) is 0 Å². The van der Waals surface area contributed by atoms with Crippen LogP contribution in [0.2, 0.25) is 0 Å². The molecule has 5 heteroatoms. The first-order chi connectivity index (χ1) is 7.24. The number of nitrogens with zero attached hydrogens (tertiary/aromatic N) is 2. The lowest BCUT2D eigenvalue weighted by Crippen LogP contribution is -2.14. The molecule has 0 aliphatic heterocycles. The molecule has 2 aromatic heterocycles. The van der Waals surface area contributed by atoms with E-state index in [1.807, 2.05) is 6.92 Å². The average Bonchev–Trinajstić information content (AvgIpc) is 2.53. The Balaban J connectivity index is 2.61. The summed E-state index contributed by atoms with van der Waals surface area (Å²) in [5, 5.41) is 8.80. The van der Waals surface area contributed by atoms with Crippen LogP contribution in [0.1, 0.15) is 17.0 Å². The lowest BCUT2D eigenvalue weighted by molar-refractivity contribution is 0.288. The summed E-state index contributed by atoms with van der Waals surface area (Å²) in [6.07, 6.45) is 2.92. The zero-order chi connectivity index (χ0) is 10.8. The Morgan fingerprint density at radius 3 is 3.13 bits per heavy atom. The van der Waals surface area contributed by atoms with Crippen LogP contribution in [0, 0.1) is 6.92 Å². The average molecular weight is 224 g/mol. The van der Waals surface area contributed by atoms with Crippen molar-refractivity contribution in [2.75, 3.05) is 6.61 Å². The lowest BCUT2D eigenvalue weighted by Gasteiger charge is -2.00. The molecule has 4 nitrogen and oxygen atoms in total. The summed E-state index contributed by atoms with van der Waals surface area (Å²) >= 11 is 1.51. The highest BCUT2D eigenvalue weighted by Gasteiger charge is 2.10. The number of hydrogen-bond donors (Lipinski definition) is 1. The minimum absolute atomic E-state index is 0.0442. The molecular weight excluding hydrogens is 212 g/mol. The van der Waals surface area contributed by atoms with Crippen molar-refractivity contribution < 1.29 is 5.11 Å². The van der Waals surface area contributed by atoms with E-state index in [9.17, 15) is 4.79 Å². The number of fused-ring (bicyclic) bond motifs is 1. The second kappa shape index (κ2) is 4.12. The number of aromatic nitrogens is 2. The van der Waals surface area contributed by atoms with Crippen molar-refractivity contribution in [1.29, 1.82) is 0 Å². The first kappa shape index (κ1) is 10.3. The fourth-order valence-corrected chi connectivity index (χ4v) is 2.59. The SMILES string of the molecule is Cc1sc2nccc(=O)n2c1CCCO. The van der Waals surface area contributed by atoms with Crippen LogP contribution in [0.25, 0.3) is 4.96 Å². The fourth-order valence-electron chi connectivity index (χ4n) is 1.60. The molecule has 0 bridgehead atoms. The van der Waals surface area contributed by atoms with Gasteiger partial charge in [0.25, 0.3) is 5.56 Å². The molecule has 80 valence electrons. The van der Waals surface area contributed by atoms with Crippen molar-refractivity contribution >= 4 is 16.3 Å². The van der Waals surface area contributed by atoms with Crippen molar-refractivity contribution in [2.24, 2.45) is 0 Å². The van der Waals surface area contributed by atoms with Crippen LogP contribution in [0.4, 0.5) is 0 Å². The Morgan fingerprint density at radius 1 is 1.60 bits per heavy atom. The molecule has 2 aromatic rings. The topological polar surface area (TPSA) is 54.6 Å². The van der Waals surface area contributed by atoms with Crippen LogP contribution in [-0.4, -0.2) is 21.1 Å². The van der Waals surface area contributed by atoms with E-state index in [-0.39, 0.29) is 12.2 Å². The van der Waals surface area contributed by atoms with Gasteiger partial charge >= 0.3 is 0 Å². The normalized spacial score (nSPS) is 11.1. The second-order valence-electron chi connectivity index (χ2n) is 3.33. The van der Waals surface area contributed by atoms with E-state index < -0.39 is 0 Å². The van der Waals surface area contributed by atoms with Gasteiger partial charge in [0.1, 0.15) is 0 Å². The molecule has 0 saturated heterocycles. The van der Waals surface area contributed by atoms with E-state index >= 15 is 0 Å².